The van der Waals surface area contributed by atoms with Crippen molar-refractivity contribution < 1.29 is 4.42 Å². The summed E-state index contributed by atoms with van der Waals surface area (Å²) in [6, 6.07) is 29.9. The predicted octanol–water partition coefficient (Wildman–Crippen LogP) is 7.29. The maximum absolute atomic E-state index is 12.8. The average Bonchev–Trinajstić information content (AvgIpc) is 3.36. The van der Waals surface area contributed by atoms with E-state index in [1.54, 1.807) is 5.38 Å². The molecule has 5 heteroatoms. The standard InChI is InChI=1S/C29H16N2O2S/c30-16-21(14-20-9-5-8-18-6-1-3-10-22(18)20)28-31-26(17-34-28)25-15-24-23-11-4-2-7-19(23)12-13-27(24)33-29(25)32/h1-15,17H/b21-14+. The summed E-state index contributed by atoms with van der Waals surface area (Å²) in [5, 5.41) is 17.3. The second-order valence-electron chi connectivity index (χ2n) is 7.92. The average molecular weight is 457 g/mol. The Hall–Kier alpha value is -4.53. The molecular weight excluding hydrogens is 440 g/mol. The molecule has 0 aliphatic rings. The van der Waals surface area contributed by atoms with Gasteiger partial charge in [0, 0.05) is 10.8 Å². The predicted molar refractivity (Wildman–Crippen MR) is 139 cm³/mol. The quantitative estimate of drug-likeness (QED) is 0.159. The molecule has 4 nitrogen and oxygen atoms in total. The smallest absolute Gasteiger partial charge is 0.345 e. The second-order valence-corrected chi connectivity index (χ2v) is 8.78. The van der Waals surface area contributed by atoms with Crippen LogP contribution in [0, 0.1) is 11.3 Å². The highest BCUT2D eigenvalue weighted by Gasteiger charge is 2.15. The molecule has 0 saturated carbocycles. The molecule has 0 atom stereocenters. The van der Waals surface area contributed by atoms with Gasteiger partial charge in [-0.2, -0.15) is 5.26 Å². The van der Waals surface area contributed by atoms with Crippen LogP contribution in [0.1, 0.15) is 10.6 Å². The summed E-state index contributed by atoms with van der Waals surface area (Å²) in [5.41, 5.74) is 2.37. The third kappa shape index (κ3) is 3.38. The van der Waals surface area contributed by atoms with Gasteiger partial charge in [0.15, 0.2) is 0 Å². The van der Waals surface area contributed by atoms with E-state index >= 15 is 0 Å². The van der Waals surface area contributed by atoms with Crippen LogP contribution in [-0.4, -0.2) is 4.98 Å². The van der Waals surface area contributed by atoms with Crippen molar-refractivity contribution >= 4 is 55.5 Å². The molecule has 6 rings (SSSR count). The number of fused-ring (bicyclic) bond motifs is 4. The van der Waals surface area contributed by atoms with Gasteiger partial charge < -0.3 is 4.42 Å². The molecule has 0 bridgehead atoms. The van der Waals surface area contributed by atoms with E-state index in [9.17, 15) is 10.1 Å². The van der Waals surface area contributed by atoms with Gasteiger partial charge in [0.05, 0.1) is 16.8 Å². The van der Waals surface area contributed by atoms with E-state index in [-0.39, 0.29) is 0 Å². The van der Waals surface area contributed by atoms with Crippen LogP contribution in [0.15, 0.2) is 99.5 Å². The summed E-state index contributed by atoms with van der Waals surface area (Å²) < 4.78 is 5.62. The van der Waals surface area contributed by atoms with Gasteiger partial charge in [-0.05, 0) is 45.3 Å². The van der Waals surface area contributed by atoms with Crippen LogP contribution in [0.4, 0.5) is 0 Å². The molecule has 4 aromatic carbocycles. The highest BCUT2D eigenvalue weighted by molar-refractivity contribution is 7.11. The highest BCUT2D eigenvalue weighted by Crippen LogP contribution is 2.31. The zero-order chi connectivity index (χ0) is 23.1. The maximum atomic E-state index is 12.8. The first-order chi connectivity index (χ1) is 16.7. The van der Waals surface area contributed by atoms with Crippen molar-refractivity contribution in [3.63, 3.8) is 0 Å². The summed E-state index contributed by atoms with van der Waals surface area (Å²) in [4.78, 5) is 17.4. The van der Waals surface area contributed by atoms with Gasteiger partial charge in [-0.3, -0.25) is 0 Å². The molecule has 0 N–H and O–H groups in total. The van der Waals surface area contributed by atoms with E-state index in [2.05, 4.69) is 11.1 Å². The summed E-state index contributed by atoms with van der Waals surface area (Å²) in [6.07, 6.45) is 1.85. The number of benzene rings is 4. The fourth-order valence-corrected chi connectivity index (χ4v) is 5.03. The van der Waals surface area contributed by atoms with Gasteiger partial charge in [-0.25, -0.2) is 9.78 Å². The number of aromatic nitrogens is 1. The molecular formula is C29H16N2O2S. The second kappa shape index (κ2) is 8.11. The number of hydrogen-bond acceptors (Lipinski definition) is 5. The summed E-state index contributed by atoms with van der Waals surface area (Å²) in [6.45, 7) is 0. The number of hydrogen-bond donors (Lipinski definition) is 0. The van der Waals surface area contributed by atoms with Crippen molar-refractivity contribution in [1.82, 2.24) is 4.98 Å². The zero-order valence-corrected chi connectivity index (χ0v) is 18.7. The van der Waals surface area contributed by atoms with Crippen LogP contribution >= 0.6 is 11.3 Å². The largest absolute Gasteiger partial charge is 0.422 e. The molecule has 0 unspecified atom stereocenters. The Morgan fingerprint density at radius 2 is 1.62 bits per heavy atom. The summed E-state index contributed by atoms with van der Waals surface area (Å²) in [5.74, 6) is 0. The van der Waals surface area contributed by atoms with Crippen LogP contribution in [0.3, 0.4) is 0 Å². The molecule has 2 heterocycles. The van der Waals surface area contributed by atoms with E-state index in [1.165, 1.54) is 11.3 Å². The van der Waals surface area contributed by atoms with Crippen LogP contribution in [0.2, 0.25) is 0 Å². The lowest BCUT2D eigenvalue weighted by Crippen LogP contribution is -2.03. The number of nitrogens with zero attached hydrogens (tertiary/aromatic N) is 2. The minimum Gasteiger partial charge on any atom is -0.422 e. The van der Waals surface area contributed by atoms with Crippen LogP contribution in [0.5, 0.6) is 0 Å². The van der Waals surface area contributed by atoms with Crippen molar-refractivity contribution in [2.24, 2.45) is 0 Å². The molecule has 34 heavy (non-hydrogen) atoms. The first kappa shape index (κ1) is 20.1. The molecule has 0 fully saturated rings. The fourth-order valence-electron chi connectivity index (χ4n) is 4.24. The van der Waals surface area contributed by atoms with Crippen molar-refractivity contribution in [3.05, 3.63) is 111 Å². The van der Waals surface area contributed by atoms with Gasteiger partial charge in [0.2, 0.25) is 0 Å². The van der Waals surface area contributed by atoms with Crippen LogP contribution in [-0.2, 0) is 0 Å². The normalized spacial score (nSPS) is 11.8. The Kier molecular flexibility index (Phi) is 4.80. The maximum Gasteiger partial charge on any atom is 0.345 e. The molecule has 0 spiro atoms. The third-order valence-electron chi connectivity index (χ3n) is 5.90. The highest BCUT2D eigenvalue weighted by atomic mass is 32.1. The minimum atomic E-state index is -0.448. The van der Waals surface area contributed by atoms with Crippen molar-refractivity contribution in [3.8, 4) is 17.3 Å². The Morgan fingerprint density at radius 3 is 2.44 bits per heavy atom. The lowest BCUT2D eigenvalue weighted by atomic mass is 10.0. The molecule has 0 amide bonds. The van der Waals surface area contributed by atoms with Gasteiger partial charge >= 0.3 is 5.63 Å². The Balaban J connectivity index is 1.47. The molecule has 0 radical (unpaired) electrons. The molecule has 6 aromatic rings. The topological polar surface area (TPSA) is 66.9 Å². The molecule has 0 aliphatic carbocycles. The Bertz CT molecular complexity index is 1850. The van der Waals surface area contributed by atoms with Crippen molar-refractivity contribution in [2.45, 2.75) is 0 Å². The number of nitriles is 1. The summed E-state index contributed by atoms with van der Waals surface area (Å²) >= 11 is 1.34. The van der Waals surface area contributed by atoms with Crippen molar-refractivity contribution in [1.29, 1.82) is 5.26 Å². The number of allylic oxidation sites excluding steroid dienone is 1. The van der Waals surface area contributed by atoms with Gasteiger partial charge in [0.1, 0.15) is 16.7 Å². The van der Waals surface area contributed by atoms with E-state index in [0.717, 1.165) is 32.5 Å². The number of thiazole rings is 1. The van der Waals surface area contributed by atoms with Crippen LogP contribution < -0.4 is 5.63 Å². The molecule has 160 valence electrons. The molecule has 0 aliphatic heterocycles. The number of rotatable bonds is 3. The van der Waals surface area contributed by atoms with Crippen LogP contribution in [0.25, 0.3) is 55.4 Å². The van der Waals surface area contributed by atoms with Gasteiger partial charge in [0.25, 0.3) is 0 Å². The lowest BCUT2D eigenvalue weighted by Gasteiger charge is -2.04. The van der Waals surface area contributed by atoms with Gasteiger partial charge in [-0.15, -0.1) is 11.3 Å². The molecule has 0 saturated heterocycles. The Labute approximate surface area is 198 Å². The molecule has 2 aromatic heterocycles. The SMILES string of the molecule is N#C/C(=C\c1cccc2ccccc12)c1nc(-c2cc3c(ccc4ccccc43)oc2=O)cs1. The summed E-state index contributed by atoms with van der Waals surface area (Å²) in [7, 11) is 0. The first-order valence-electron chi connectivity index (χ1n) is 10.7. The van der Waals surface area contributed by atoms with E-state index in [4.69, 9.17) is 4.42 Å². The monoisotopic (exact) mass is 456 g/mol. The van der Waals surface area contributed by atoms with Gasteiger partial charge in [-0.1, -0.05) is 72.8 Å². The van der Waals surface area contributed by atoms with E-state index in [0.29, 0.717) is 27.4 Å². The fraction of sp³-hybridized carbons (Fsp3) is 0. The van der Waals surface area contributed by atoms with E-state index in [1.807, 2.05) is 91.0 Å². The van der Waals surface area contributed by atoms with Crippen molar-refractivity contribution in [2.75, 3.05) is 0 Å². The zero-order valence-electron chi connectivity index (χ0n) is 17.9. The Morgan fingerprint density at radius 1 is 0.882 bits per heavy atom. The minimum absolute atomic E-state index is 0.383. The third-order valence-corrected chi connectivity index (χ3v) is 6.77. The first-order valence-corrected chi connectivity index (χ1v) is 11.6. The lowest BCUT2D eigenvalue weighted by molar-refractivity contribution is 0.563. The van der Waals surface area contributed by atoms with E-state index < -0.39 is 5.63 Å².